The zero-order chi connectivity index (χ0) is 22.2. The van der Waals surface area contributed by atoms with Gasteiger partial charge < -0.3 is 29.7 Å². The Kier molecular flexibility index (Phi) is 10.4. The minimum Gasteiger partial charge on any atom is -0.493 e. The van der Waals surface area contributed by atoms with Gasteiger partial charge in [0.2, 0.25) is 5.75 Å². The van der Waals surface area contributed by atoms with E-state index in [2.05, 4.69) is 20.5 Å². The highest BCUT2D eigenvalue weighted by Gasteiger charge is 2.25. The summed E-state index contributed by atoms with van der Waals surface area (Å²) in [5, 5.41) is 7.51. The Hall–Kier alpha value is -2.14. The lowest BCUT2D eigenvalue weighted by Crippen LogP contribution is -2.44. The van der Waals surface area contributed by atoms with Crippen LogP contribution in [0.15, 0.2) is 35.5 Å². The minimum absolute atomic E-state index is 0. The van der Waals surface area contributed by atoms with E-state index in [0.717, 1.165) is 43.4 Å². The van der Waals surface area contributed by atoms with Gasteiger partial charge in [-0.05, 0) is 37.6 Å². The van der Waals surface area contributed by atoms with Crippen LogP contribution in [0.3, 0.4) is 0 Å². The number of benzene rings is 1. The molecule has 1 atom stereocenters. The number of nitrogens with one attached hydrogen (secondary N) is 2. The van der Waals surface area contributed by atoms with Crippen LogP contribution in [0.2, 0.25) is 5.02 Å². The van der Waals surface area contributed by atoms with E-state index in [1.165, 1.54) is 0 Å². The van der Waals surface area contributed by atoms with Crippen LogP contribution in [-0.4, -0.2) is 57.9 Å². The second-order valence-electron chi connectivity index (χ2n) is 7.07. The number of pyridine rings is 1. The largest absolute Gasteiger partial charge is 0.493 e. The minimum atomic E-state index is 0. The molecule has 2 heterocycles. The van der Waals surface area contributed by atoms with Crippen molar-refractivity contribution in [2.75, 3.05) is 45.9 Å². The number of anilines is 1. The van der Waals surface area contributed by atoms with Gasteiger partial charge in [0.15, 0.2) is 17.5 Å². The average molecular weight is 576 g/mol. The Morgan fingerprint density at radius 2 is 1.97 bits per heavy atom. The highest BCUT2D eigenvalue weighted by molar-refractivity contribution is 14.0. The first-order valence-corrected chi connectivity index (χ1v) is 10.7. The maximum atomic E-state index is 6.31. The summed E-state index contributed by atoms with van der Waals surface area (Å²) in [5.41, 5.74) is 0.908. The van der Waals surface area contributed by atoms with Gasteiger partial charge in [-0.25, -0.2) is 9.98 Å². The fraction of sp³-hybridized carbons (Fsp3) is 0.455. The van der Waals surface area contributed by atoms with Crippen molar-refractivity contribution in [2.45, 2.75) is 25.9 Å². The van der Waals surface area contributed by atoms with E-state index in [0.29, 0.717) is 28.8 Å². The number of nitrogens with zero attached hydrogens (tertiary/aromatic N) is 3. The zero-order valence-corrected chi connectivity index (χ0v) is 21.9. The van der Waals surface area contributed by atoms with Crippen LogP contribution in [-0.2, 0) is 6.54 Å². The van der Waals surface area contributed by atoms with Gasteiger partial charge in [0.25, 0.3) is 0 Å². The number of hydrogen-bond acceptors (Lipinski definition) is 6. The van der Waals surface area contributed by atoms with Crippen LogP contribution >= 0.6 is 35.6 Å². The Bertz CT molecular complexity index is 915. The lowest BCUT2D eigenvalue weighted by Gasteiger charge is -2.20. The fourth-order valence-corrected chi connectivity index (χ4v) is 3.89. The standard InChI is InChI=1S/C22H30ClN5O3.HI/c1-5-24-22(26-13-15-8-9-18(29-2)20(31-4)19(15)30-3)27-16-10-12-28(14-16)21-17(23)7-6-11-25-21;/h6-9,11,16H,5,10,12-14H2,1-4H3,(H2,24,26,27);1H. The predicted octanol–water partition coefficient (Wildman–Crippen LogP) is 3.71. The fourth-order valence-electron chi connectivity index (χ4n) is 3.65. The van der Waals surface area contributed by atoms with Gasteiger partial charge in [-0.3, -0.25) is 0 Å². The maximum Gasteiger partial charge on any atom is 0.203 e. The molecule has 1 saturated heterocycles. The van der Waals surface area contributed by atoms with Crippen LogP contribution in [0.25, 0.3) is 0 Å². The van der Waals surface area contributed by atoms with Gasteiger partial charge in [0, 0.05) is 37.4 Å². The molecule has 0 spiro atoms. The maximum absolute atomic E-state index is 6.31. The number of aromatic nitrogens is 1. The van der Waals surface area contributed by atoms with E-state index in [9.17, 15) is 0 Å². The molecule has 1 aromatic heterocycles. The third-order valence-electron chi connectivity index (χ3n) is 5.11. The van der Waals surface area contributed by atoms with E-state index >= 15 is 0 Å². The number of rotatable bonds is 8. The van der Waals surface area contributed by atoms with Crippen molar-refractivity contribution in [3.05, 3.63) is 41.0 Å². The molecule has 2 aromatic rings. The van der Waals surface area contributed by atoms with Crippen LogP contribution in [0.5, 0.6) is 17.2 Å². The van der Waals surface area contributed by atoms with Crippen LogP contribution in [0, 0.1) is 0 Å². The van der Waals surface area contributed by atoms with Crippen molar-refractivity contribution in [2.24, 2.45) is 4.99 Å². The molecule has 10 heteroatoms. The number of halogens is 2. The molecular weight excluding hydrogens is 545 g/mol. The zero-order valence-electron chi connectivity index (χ0n) is 18.9. The van der Waals surface area contributed by atoms with Crippen molar-refractivity contribution in [1.29, 1.82) is 0 Å². The first-order valence-electron chi connectivity index (χ1n) is 10.3. The van der Waals surface area contributed by atoms with Crippen molar-refractivity contribution < 1.29 is 14.2 Å². The summed E-state index contributed by atoms with van der Waals surface area (Å²) in [6.45, 7) is 4.93. The third kappa shape index (κ3) is 6.22. The van der Waals surface area contributed by atoms with Crippen molar-refractivity contribution in [3.8, 4) is 17.2 Å². The van der Waals surface area contributed by atoms with Gasteiger partial charge in [0.1, 0.15) is 5.82 Å². The quantitative estimate of drug-likeness (QED) is 0.282. The number of methoxy groups -OCH3 is 3. The second kappa shape index (κ2) is 12.8. The predicted molar refractivity (Wildman–Crippen MR) is 139 cm³/mol. The van der Waals surface area contributed by atoms with E-state index in [4.69, 9.17) is 30.8 Å². The lowest BCUT2D eigenvalue weighted by molar-refractivity contribution is 0.322. The molecule has 0 saturated carbocycles. The number of aliphatic imine (C=N–C) groups is 1. The van der Waals surface area contributed by atoms with E-state index in [-0.39, 0.29) is 30.0 Å². The number of guanidine groups is 1. The SMILES string of the molecule is CCNC(=NCc1ccc(OC)c(OC)c1OC)NC1CCN(c2ncccc2Cl)C1.I. The molecule has 1 aromatic carbocycles. The van der Waals surface area contributed by atoms with Gasteiger partial charge >= 0.3 is 0 Å². The van der Waals surface area contributed by atoms with Crippen molar-refractivity contribution >= 4 is 47.4 Å². The van der Waals surface area contributed by atoms with Crippen LogP contribution < -0.4 is 29.7 Å². The topological polar surface area (TPSA) is 80.2 Å². The van der Waals surface area contributed by atoms with Crippen LogP contribution in [0.1, 0.15) is 18.9 Å². The molecule has 176 valence electrons. The summed E-state index contributed by atoms with van der Waals surface area (Å²) in [7, 11) is 4.81. The molecule has 1 aliphatic rings. The first-order chi connectivity index (χ1) is 15.1. The normalized spacial score (nSPS) is 15.7. The molecular formula is C22H31ClIN5O3. The molecule has 1 aliphatic heterocycles. The van der Waals surface area contributed by atoms with Gasteiger partial charge in [0.05, 0.1) is 32.9 Å². The van der Waals surface area contributed by atoms with E-state index in [1.807, 2.05) is 31.2 Å². The molecule has 32 heavy (non-hydrogen) atoms. The smallest absolute Gasteiger partial charge is 0.203 e. The van der Waals surface area contributed by atoms with Crippen molar-refractivity contribution in [3.63, 3.8) is 0 Å². The summed E-state index contributed by atoms with van der Waals surface area (Å²) in [6.07, 6.45) is 2.74. The summed E-state index contributed by atoms with van der Waals surface area (Å²) in [6, 6.07) is 7.75. The summed E-state index contributed by atoms with van der Waals surface area (Å²) >= 11 is 6.31. The summed E-state index contributed by atoms with van der Waals surface area (Å²) in [4.78, 5) is 11.4. The Morgan fingerprint density at radius 3 is 2.62 bits per heavy atom. The average Bonchev–Trinajstić information content (AvgIpc) is 3.25. The van der Waals surface area contributed by atoms with Gasteiger partial charge in [-0.2, -0.15) is 0 Å². The number of ether oxygens (including phenoxy) is 3. The molecule has 0 bridgehead atoms. The molecule has 3 rings (SSSR count). The summed E-state index contributed by atoms with van der Waals surface area (Å²) < 4.78 is 16.4. The Labute approximate surface area is 211 Å². The van der Waals surface area contributed by atoms with Crippen molar-refractivity contribution in [1.82, 2.24) is 15.6 Å². The second-order valence-corrected chi connectivity index (χ2v) is 7.48. The third-order valence-corrected chi connectivity index (χ3v) is 5.40. The molecule has 8 nitrogen and oxygen atoms in total. The molecule has 0 radical (unpaired) electrons. The lowest BCUT2D eigenvalue weighted by atomic mass is 10.1. The first kappa shape index (κ1) is 26.1. The van der Waals surface area contributed by atoms with Gasteiger partial charge in [-0.1, -0.05) is 11.6 Å². The van der Waals surface area contributed by atoms with Crippen LogP contribution in [0.4, 0.5) is 5.82 Å². The highest BCUT2D eigenvalue weighted by Crippen LogP contribution is 2.40. The molecule has 0 amide bonds. The number of hydrogen-bond donors (Lipinski definition) is 2. The van der Waals surface area contributed by atoms with E-state index < -0.39 is 0 Å². The summed E-state index contributed by atoms with van der Waals surface area (Å²) in [5.74, 6) is 3.38. The monoisotopic (exact) mass is 575 g/mol. The molecule has 1 fully saturated rings. The van der Waals surface area contributed by atoms with Gasteiger partial charge in [-0.15, -0.1) is 24.0 Å². The molecule has 2 N–H and O–H groups in total. The van der Waals surface area contributed by atoms with E-state index in [1.54, 1.807) is 27.5 Å². The highest BCUT2D eigenvalue weighted by atomic mass is 127. The Morgan fingerprint density at radius 1 is 1.19 bits per heavy atom. The Balaban J connectivity index is 0.00000363. The molecule has 0 aliphatic carbocycles. The molecule has 1 unspecified atom stereocenters.